The van der Waals surface area contributed by atoms with Crippen molar-refractivity contribution >= 4 is 40.2 Å². The minimum atomic E-state index is 0. The van der Waals surface area contributed by atoms with Crippen LogP contribution in [0.15, 0.2) is 18.2 Å². The molecule has 1 aromatic carbocycles. The highest BCUT2D eigenvalue weighted by Crippen LogP contribution is 2.35. The third kappa shape index (κ3) is 4.33. The van der Waals surface area contributed by atoms with Crippen molar-refractivity contribution in [3.05, 3.63) is 33.8 Å². The number of nitrogens with zero attached hydrogens (tertiary/aromatic N) is 1. The van der Waals surface area contributed by atoms with Crippen LogP contribution in [0, 0.1) is 5.92 Å². The fourth-order valence-corrected chi connectivity index (χ4v) is 3.09. The zero-order valence-electron chi connectivity index (χ0n) is 11.2. The topological polar surface area (TPSA) is 12.5 Å². The second-order valence-electron chi connectivity index (χ2n) is 5.05. The molecule has 1 aromatic rings. The van der Waals surface area contributed by atoms with E-state index < -0.39 is 0 Å². The molecule has 1 heterocycles. The summed E-state index contributed by atoms with van der Waals surface area (Å²) in [4.78, 5) is 2.36. The van der Waals surface area contributed by atoms with Crippen LogP contribution in [-0.4, -0.2) is 38.8 Å². The zero-order valence-corrected chi connectivity index (χ0v) is 14.5. The Labute approximate surface area is 135 Å². The Morgan fingerprint density at radius 2 is 2.05 bits per heavy atom. The molecule has 1 fully saturated rings. The van der Waals surface area contributed by atoms with Crippen LogP contribution in [0.4, 0.5) is 0 Å². The van der Waals surface area contributed by atoms with Crippen molar-refractivity contribution in [1.29, 1.82) is 0 Å². The van der Waals surface area contributed by atoms with E-state index in [2.05, 4.69) is 18.0 Å². The first kappa shape index (κ1) is 17.3. The SMILES string of the molecule is Br.COC[C@H]1CN(C)CC[C@H]1c1ccc(Cl)c(Cl)c1. The number of ether oxygens (including phenoxy) is 1. The Balaban J connectivity index is 0.00000180. The molecule has 1 saturated heterocycles. The number of benzene rings is 1. The van der Waals surface area contributed by atoms with Gasteiger partial charge in [-0.3, -0.25) is 0 Å². The minimum absolute atomic E-state index is 0. The predicted molar refractivity (Wildman–Crippen MR) is 87.0 cm³/mol. The maximum absolute atomic E-state index is 6.11. The summed E-state index contributed by atoms with van der Waals surface area (Å²) in [5.41, 5.74) is 1.28. The van der Waals surface area contributed by atoms with Crippen molar-refractivity contribution in [2.24, 2.45) is 5.92 Å². The van der Waals surface area contributed by atoms with Gasteiger partial charge in [0.15, 0.2) is 0 Å². The van der Waals surface area contributed by atoms with Crippen LogP contribution in [0.2, 0.25) is 10.0 Å². The molecular weight excluding hydrogens is 349 g/mol. The molecule has 0 aliphatic carbocycles. The lowest BCUT2D eigenvalue weighted by Crippen LogP contribution is -2.39. The summed E-state index contributed by atoms with van der Waals surface area (Å²) in [7, 11) is 3.92. The van der Waals surface area contributed by atoms with Crippen molar-refractivity contribution in [3.8, 4) is 0 Å². The summed E-state index contributed by atoms with van der Waals surface area (Å²) in [5.74, 6) is 1.03. The Bertz CT molecular complexity index is 416. The first-order valence-corrected chi connectivity index (χ1v) is 7.00. The van der Waals surface area contributed by atoms with Crippen molar-refractivity contribution in [2.45, 2.75) is 12.3 Å². The molecular formula is C14H20BrCl2NO. The Hall–Kier alpha value is 0.200. The van der Waals surface area contributed by atoms with Gasteiger partial charge < -0.3 is 9.64 Å². The van der Waals surface area contributed by atoms with Gasteiger partial charge in [-0.05, 0) is 43.6 Å². The van der Waals surface area contributed by atoms with Gasteiger partial charge in [-0.15, -0.1) is 17.0 Å². The summed E-state index contributed by atoms with van der Waals surface area (Å²) in [6, 6.07) is 5.98. The van der Waals surface area contributed by atoms with E-state index in [0.29, 0.717) is 21.9 Å². The molecule has 0 spiro atoms. The molecule has 0 bridgehead atoms. The molecule has 0 saturated carbocycles. The van der Waals surface area contributed by atoms with Crippen LogP contribution >= 0.6 is 40.2 Å². The molecule has 1 aliphatic rings. The molecule has 2 nitrogen and oxygen atoms in total. The molecule has 0 amide bonds. The highest BCUT2D eigenvalue weighted by molar-refractivity contribution is 8.93. The molecule has 108 valence electrons. The van der Waals surface area contributed by atoms with Crippen LogP contribution in [-0.2, 0) is 4.74 Å². The quantitative estimate of drug-likeness (QED) is 0.790. The monoisotopic (exact) mass is 367 g/mol. The van der Waals surface area contributed by atoms with Crippen molar-refractivity contribution < 1.29 is 4.74 Å². The van der Waals surface area contributed by atoms with E-state index in [-0.39, 0.29) is 17.0 Å². The third-order valence-corrected chi connectivity index (χ3v) is 4.43. The van der Waals surface area contributed by atoms with Crippen LogP contribution in [0.25, 0.3) is 0 Å². The van der Waals surface area contributed by atoms with Gasteiger partial charge in [0, 0.05) is 19.6 Å². The maximum Gasteiger partial charge on any atom is 0.0595 e. The van der Waals surface area contributed by atoms with Gasteiger partial charge in [0.1, 0.15) is 0 Å². The van der Waals surface area contributed by atoms with E-state index in [0.717, 1.165) is 26.1 Å². The van der Waals surface area contributed by atoms with Gasteiger partial charge in [0.2, 0.25) is 0 Å². The van der Waals surface area contributed by atoms with Gasteiger partial charge in [-0.2, -0.15) is 0 Å². The van der Waals surface area contributed by atoms with E-state index in [1.165, 1.54) is 5.56 Å². The summed E-state index contributed by atoms with van der Waals surface area (Å²) >= 11 is 12.1. The Morgan fingerprint density at radius 3 is 2.68 bits per heavy atom. The number of methoxy groups -OCH3 is 1. The zero-order chi connectivity index (χ0) is 13.1. The second-order valence-corrected chi connectivity index (χ2v) is 5.86. The predicted octanol–water partition coefficient (Wildman–Crippen LogP) is 4.25. The highest BCUT2D eigenvalue weighted by Gasteiger charge is 2.29. The molecule has 19 heavy (non-hydrogen) atoms. The molecule has 1 aliphatic heterocycles. The Kier molecular flexibility index (Phi) is 7.12. The lowest BCUT2D eigenvalue weighted by atomic mass is 9.81. The fraction of sp³-hybridized carbons (Fsp3) is 0.571. The lowest BCUT2D eigenvalue weighted by molar-refractivity contribution is 0.0867. The highest BCUT2D eigenvalue weighted by atomic mass is 79.9. The lowest BCUT2D eigenvalue weighted by Gasteiger charge is -2.36. The molecule has 0 N–H and O–H groups in total. The fourth-order valence-electron chi connectivity index (χ4n) is 2.78. The van der Waals surface area contributed by atoms with E-state index in [4.69, 9.17) is 27.9 Å². The first-order chi connectivity index (χ1) is 8.61. The van der Waals surface area contributed by atoms with E-state index in [9.17, 15) is 0 Å². The van der Waals surface area contributed by atoms with E-state index in [1.807, 2.05) is 12.1 Å². The summed E-state index contributed by atoms with van der Waals surface area (Å²) in [6.45, 7) is 2.97. The van der Waals surface area contributed by atoms with Gasteiger partial charge in [-0.25, -0.2) is 0 Å². The number of piperidine rings is 1. The summed E-state index contributed by atoms with van der Waals surface area (Å²) in [5, 5.41) is 1.26. The molecule has 2 atom stereocenters. The molecule has 0 aromatic heterocycles. The smallest absolute Gasteiger partial charge is 0.0595 e. The van der Waals surface area contributed by atoms with Crippen LogP contribution in [0.5, 0.6) is 0 Å². The number of halogens is 3. The van der Waals surface area contributed by atoms with Crippen LogP contribution in [0.1, 0.15) is 17.9 Å². The normalized spacial score (nSPS) is 24.0. The van der Waals surface area contributed by atoms with Gasteiger partial charge in [0.05, 0.1) is 16.7 Å². The van der Waals surface area contributed by atoms with E-state index >= 15 is 0 Å². The third-order valence-electron chi connectivity index (χ3n) is 3.69. The van der Waals surface area contributed by atoms with Gasteiger partial charge >= 0.3 is 0 Å². The Morgan fingerprint density at radius 1 is 1.32 bits per heavy atom. The number of rotatable bonds is 3. The average Bonchev–Trinajstić information content (AvgIpc) is 2.34. The summed E-state index contributed by atoms with van der Waals surface area (Å²) < 4.78 is 5.35. The number of hydrogen-bond acceptors (Lipinski definition) is 2. The van der Waals surface area contributed by atoms with Crippen LogP contribution in [0.3, 0.4) is 0 Å². The van der Waals surface area contributed by atoms with Gasteiger partial charge in [-0.1, -0.05) is 29.3 Å². The molecule has 5 heteroatoms. The molecule has 0 unspecified atom stereocenters. The number of hydrogen-bond donors (Lipinski definition) is 0. The standard InChI is InChI=1S/C14H19Cl2NO.BrH/c1-17-6-5-12(11(8-17)9-18-2)10-3-4-13(15)14(16)7-10;/h3-4,7,11-12H,5-6,8-9H2,1-2H3;1H/t11-,12+;/m1./s1. The maximum atomic E-state index is 6.11. The second kappa shape index (κ2) is 7.84. The van der Waals surface area contributed by atoms with Gasteiger partial charge in [0.25, 0.3) is 0 Å². The first-order valence-electron chi connectivity index (χ1n) is 6.24. The number of likely N-dealkylation sites (tertiary alicyclic amines) is 1. The van der Waals surface area contributed by atoms with Crippen molar-refractivity contribution in [2.75, 3.05) is 33.9 Å². The van der Waals surface area contributed by atoms with Crippen molar-refractivity contribution in [1.82, 2.24) is 4.90 Å². The van der Waals surface area contributed by atoms with Crippen LogP contribution < -0.4 is 0 Å². The van der Waals surface area contributed by atoms with Crippen molar-refractivity contribution in [3.63, 3.8) is 0 Å². The average molecular weight is 369 g/mol. The van der Waals surface area contributed by atoms with E-state index in [1.54, 1.807) is 7.11 Å². The minimum Gasteiger partial charge on any atom is -0.384 e. The molecule has 2 rings (SSSR count). The largest absolute Gasteiger partial charge is 0.384 e. The molecule has 0 radical (unpaired) electrons. The summed E-state index contributed by atoms with van der Waals surface area (Å²) in [6.07, 6.45) is 1.14.